The first kappa shape index (κ1) is 12.5. The van der Waals surface area contributed by atoms with E-state index in [1.165, 1.54) is 6.07 Å². The van der Waals surface area contributed by atoms with Gasteiger partial charge in [0, 0.05) is 17.8 Å². The van der Waals surface area contributed by atoms with E-state index in [0.29, 0.717) is 6.61 Å². The Kier molecular flexibility index (Phi) is 3.87. The third-order valence-electron chi connectivity index (χ3n) is 1.71. The van der Waals surface area contributed by atoms with Gasteiger partial charge in [-0.1, -0.05) is 6.92 Å². The molecule has 0 spiro atoms. The number of aromatic nitrogens is 1. The average Bonchev–Trinajstić information content (AvgIpc) is 2.25. The monoisotopic (exact) mass is 233 g/mol. The van der Waals surface area contributed by atoms with Crippen LogP contribution in [0.15, 0.2) is 18.3 Å². The molecule has 0 bridgehead atoms. The predicted octanol–water partition coefficient (Wildman–Crippen LogP) is 2.62. The van der Waals surface area contributed by atoms with Gasteiger partial charge in [-0.05, 0) is 12.5 Å². The number of carbonyl (C=O) groups is 1. The summed E-state index contributed by atoms with van der Waals surface area (Å²) >= 11 is 0. The molecule has 1 heterocycles. The fraction of sp³-hybridized carbons (Fsp3) is 0.400. The molecule has 1 rings (SSSR count). The maximum absolute atomic E-state index is 12.0. The molecule has 0 aliphatic heterocycles. The van der Waals surface area contributed by atoms with Crippen LogP contribution in [0.4, 0.5) is 13.2 Å². The molecule has 16 heavy (non-hydrogen) atoms. The summed E-state index contributed by atoms with van der Waals surface area (Å²) in [6, 6.07) is 2.29. The number of pyridine rings is 1. The summed E-state index contributed by atoms with van der Waals surface area (Å²) in [6.45, 7) is 2.32. The summed E-state index contributed by atoms with van der Waals surface area (Å²) in [6.07, 6.45) is -3.24. The van der Waals surface area contributed by atoms with Crippen LogP contribution in [-0.4, -0.2) is 23.6 Å². The maximum Gasteiger partial charge on any atom is 0.454 e. The molecule has 0 amide bonds. The van der Waals surface area contributed by atoms with Crippen LogP contribution in [0.25, 0.3) is 0 Å². The highest BCUT2D eigenvalue weighted by molar-refractivity contribution is 5.99. The van der Waals surface area contributed by atoms with Gasteiger partial charge in [0.25, 0.3) is 5.78 Å². The van der Waals surface area contributed by atoms with Gasteiger partial charge in [0.1, 0.15) is 0 Å². The van der Waals surface area contributed by atoms with E-state index in [9.17, 15) is 18.0 Å². The van der Waals surface area contributed by atoms with Crippen LogP contribution in [0.3, 0.4) is 0 Å². The van der Waals surface area contributed by atoms with Crippen molar-refractivity contribution in [2.24, 2.45) is 0 Å². The highest BCUT2D eigenvalue weighted by Gasteiger charge is 2.39. The van der Waals surface area contributed by atoms with Crippen molar-refractivity contribution in [1.29, 1.82) is 0 Å². The molecule has 1 aromatic rings. The van der Waals surface area contributed by atoms with E-state index in [2.05, 4.69) is 4.98 Å². The van der Waals surface area contributed by atoms with E-state index in [4.69, 9.17) is 4.74 Å². The summed E-state index contributed by atoms with van der Waals surface area (Å²) in [7, 11) is 0. The van der Waals surface area contributed by atoms with Crippen molar-refractivity contribution >= 4 is 5.78 Å². The summed E-state index contributed by atoms with van der Waals surface area (Å²) < 4.78 is 41.2. The van der Waals surface area contributed by atoms with Crippen molar-refractivity contribution < 1.29 is 22.7 Å². The van der Waals surface area contributed by atoms with E-state index in [0.717, 1.165) is 18.7 Å². The predicted molar refractivity (Wildman–Crippen MR) is 50.4 cm³/mol. The molecule has 3 nitrogen and oxygen atoms in total. The number of carbonyl (C=O) groups excluding carboxylic acids is 1. The number of ketones is 1. The van der Waals surface area contributed by atoms with Crippen molar-refractivity contribution in [3.05, 3.63) is 23.9 Å². The van der Waals surface area contributed by atoms with Crippen LogP contribution in [0.5, 0.6) is 5.88 Å². The van der Waals surface area contributed by atoms with E-state index in [-0.39, 0.29) is 5.88 Å². The maximum atomic E-state index is 12.0. The highest BCUT2D eigenvalue weighted by Crippen LogP contribution is 2.21. The third kappa shape index (κ3) is 3.22. The van der Waals surface area contributed by atoms with Gasteiger partial charge in [-0.15, -0.1) is 0 Å². The van der Waals surface area contributed by atoms with Crippen LogP contribution in [0, 0.1) is 0 Å². The van der Waals surface area contributed by atoms with Gasteiger partial charge in [0.05, 0.1) is 6.61 Å². The quantitative estimate of drug-likeness (QED) is 0.750. The summed E-state index contributed by atoms with van der Waals surface area (Å²) in [5, 5.41) is 0. The third-order valence-corrected chi connectivity index (χ3v) is 1.71. The smallest absolute Gasteiger partial charge is 0.454 e. The molecule has 0 unspecified atom stereocenters. The molecule has 0 saturated heterocycles. The van der Waals surface area contributed by atoms with Crippen LogP contribution in [0.1, 0.15) is 23.7 Å². The number of halogens is 3. The first-order valence-electron chi connectivity index (χ1n) is 4.65. The van der Waals surface area contributed by atoms with Crippen molar-refractivity contribution in [2.45, 2.75) is 19.5 Å². The largest absolute Gasteiger partial charge is 0.478 e. The highest BCUT2D eigenvalue weighted by atomic mass is 19.4. The second kappa shape index (κ2) is 4.96. The van der Waals surface area contributed by atoms with E-state index < -0.39 is 17.5 Å². The standard InChI is InChI=1S/C10H10F3NO2/c1-2-5-16-8-4-3-7(6-14-8)9(15)10(11,12)13/h3-4,6H,2,5H2,1H3. The number of hydrogen-bond donors (Lipinski definition) is 0. The lowest BCUT2D eigenvalue weighted by molar-refractivity contribution is -0.0885. The van der Waals surface area contributed by atoms with Crippen LogP contribution >= 0.6 is 0 Å². The molecule has 88 valence electrons. The first-order chi connectivity index (χ1) is 7.45. The van der Waals surface area contributed by atoms with E-state index >= 15 is 0 Å². The Morgan fingerprint density at radius 2 is 2.12 bits per heavy atom. The number of nitrogens with zero attached hydrogens (tertiary/aromatic N) is 1. The zero-order valence-corrected chi connectivity index (χ0v) is 8.54. The fourth-order valence-corrected chi connectivity index (χ4v) is 0.970. The summed E-state index contributed by atoms with van der Waals surface area (Å²) in [4.78, 5) is 14.4. The number of hydrogen-bond acceptors (Lipinski definition) is 3. The Morgan fingerprint density at radius 1 is 1.44 bits per heavy atom. The molecule has 0 atom stereocenters. The molecule has 0 aromatic carbocycles. The van der Waals surface area contributed by atoms with Crippen molar-refractivity contribution in [3.63, 3.8) is 0 Å². The average molecular weight is 233 g/mol. The van der Waals surface area contributed by atoms with E-state index in [1.807, 2.05) is 6.92 Å². The lowest BCUT2D eigenvalue weighted by Crippen LogP contribution is -2.22. The molecule has 0 saturated carbocycles. The van der Waals surface area contributed by atoms with Gasteiger partial charge >= 0.3 is 6.18 Å². The molecular weight excluding hydrogens is 223 g/mol. The zero-order chi connectivity index (χ0) is 12.2. The molecule has 0 radical (unpaired) electrons. The SMILES string of the molecule is CCCOc1ccc(C(=O)C(F)(F)F)cn1. The Morgan fingerprint density at radius 3 is 2.56 bits per heavy atom. The topological polar surface area (TPSA) is 39.2 Å². The van der Waals surface area contributed by atoms with Gasteiger partial charge < -0.3 is 4.74 Å². The van der Waals surface area contributed by atoms with Gasteiger partial charge in [0.15, 0.2) is 0 Å². The van der Waals surface area contributed by atoms with Gasteiger partial charge in [-0.3, -0.25) is 4.79 Å². The molecule has 0 aliphatic carbocycles. The number of Topliss-reactive ketones (excluding diaryl/α,β-unsaturated/α-hetero) is 1. The first-order valence-corrected chi connectivity index (χ1v) is 4.65. The second-order valence-corrected chi connectivity index (χ2v) is 3.06. The molecule has 1 aromatic heterocycles. The molecule has 0 aliphatic rings. The number of ether oxygens (including phenoxy) is 1. The van der Waals surface area contributed by atoms with Crippen molar-refractivity contribution in [3.8, 4) is 5.88 Å². The Hall–Kier alpha value is -1.59. The van der Waals surface area contributed by atoms with Gasteiger partial charge in [-0.2, -0.15) is 13.2 Å². The fourth-order valence-electron chi connectivity index (χ4n) is 0.970. The lowest BCUT2D eigenvalue weighted by Gasteiger charge is -2.06. The normalized spacial score (nSPS) is 11.2. The second-order valence-electron chi connectivity index (χ2n) is 3.06. The molecule has 6 heteroatoms. The minimum absolute atomic E-state index is 0.209. The van der Waals surface area contributed by atoms with Gasteiger partial charge in [0.2, 0.25) is 5.88 Å². The minimum atomic E-state index is -4.87. The Bertz CT molecular complexity index is 359. The van der Waals surface area contributed by atoms with Crippen molar-refractivity contribution in [2.75, 3.05) is 6.61 Å². The summed E-state index contributed by atoms with van der Waals surface area (Å²) in [5.74, 6) is -1.69. The Labute approximate surface area is 90.2 Å². The number of rotatable bonds is 4. The van der Waals surface area contributed by atoms with E-state index in [1.54, 1.807) is 0 Å². The van der Waals surface area contributed by atoms with Crippen LogP contribution < -0.4 is 4.74 Å². The summed E-state index contributed by atoms with van der Waals surface area (Å²) in [5.41, 5.74) is -0.489. The van der Waals surface area contributed by atoms with Crippen LogP contribution in [0.2, 0.25) is 0 Å². The van der Waals surface area contributed by atoms with Crippen LogP contribution in [-0.2, 0) is 0 Å². The molecular formula is C10H10F3NO2. The Balaban J connectivity index is 2.75. The number of alkyl halides is 3. The van der Waals surface area contributed by atoms with Crippen molar-refractivity contribution in [1.82, 2.24) is 4.98 Å². The van der Waals surface area contributed by atoms with Gasteiger partial charge in [-0.25, -0.2) is 4.98 Å². The minimum Gasteiger partial charge on any atom is -0.478 e. The zero-order valence-electron chi connectivity index (χ0n) is 8.54. The lowest BCUT2D eigenvalue weighted by atomic mass is 10.2. The molecule has 0 fully saturated rings. The molecule has 0 N–H and O–H groups in total.